The number of likely N-dealkylation sites (N-methyl/N-ethyl adjacent to an activating group) is 2. The Bertz CT molecular complexity index is 4070. The highest BCUT2D eigenvalue weighted by Crippen LogP contribution is 2.26. The van der Waals surface area contributed by atoms with Crippen molar-refractivity contribution in [2.75, 3.05) is 66.5 Å². The Balaban J connectivity index is 0.00000204. The Kier molecular flexibility index (Phi) is 59.7. The van der Waals surface area contributed by atoms with E-state index in [2.05, 4.69) is 93.3 Å². The van der Waals surface area contributed by atoms with Gasteiger partial charge in [0.2, 0.25) is 94.5 Å². The maximum Gasteiger partial charge on any atom is 0.303 e. The van der Waals surface area contributed by atoms with Gasteiger partial charge in [-0.05, 0) is 209 Å². The zero-order chi connectivity index (χ0) is 104. The lowest BCUT2D eigenvalue weighted by Gasteiger charge is -2.38. The van der Waals surface area contributed by atoms with Crippen molar-refractivity contribution in [1.29, 1.82) is 0 Å². The Morgan fingerprint density at radius 1 is 0.574 bits per heavy atom. The SMILES string of the molecule is CNC(=O)[C@@H](NC(=O)[C@H](Cc1ccc(O)c(I)c1)NC(=O)C1CCCN1C(=O)[C@H](CO)NC(=O)[C@@H](C)C(C)C)[C@H](C)O.CNC(=O)[C@H](CCC(N)=O)NC(=O)[C@H](CCC(=O)O)NC(=O)[C@H](CCC(N)=O)NC(=O)[C@H](CC(N)=O)NC(C)=O.[B]N(CCC(CCNC(=O)CNC[C@H](CCCCN)NC(=O)[C@H](CC(C)C)NC(=O)[C@@H](C)CC(C)C)CCN([B])C(C)(C)/C(C)=N/O)C(C)(C)/C(C)=N/O. The number of aliphatic hydroxyl groups excluding tert-OH is 2. The molecule has 27 N–H and O–H groups in total. The van der Waals surface area contributed by atoms with Gasteiger partial charge in [0.1, 0.15) is 60.1 Å². The number of phenols is 1. The first kappa shape index (κ1) is 126. The number of nitrogens with two attached hydrogens (primary N) is 4. The van der Waals surface area contributed by atoms with E-state index in [1.807, 2.05) is 84.9 Å². The number of hydrogen-bond donors (Lipinski definition) is 23. The Labute approximate surface area is 814 Å². The molecule has 1 aromatic carbocycles. The maximum atomic E-state index is 13.5. The molecule has 766 valence electrons. The molecular weight excluding hydrogens is 1880 g/mol. The summed E-state index contributed by atoms with van der Waals surface area (Å²) in [6, 6.07) is -6.69. The van der Waals surface area contributed by atoms with Crippen molar-refractivity contribution in [2.24, 2.45) is 68.8 Å². The van der Waals surface area contributed by atoms with Crippen LogP contribution >= 0.6 is 22.6 Å². The van der Waals surface area contributed by atoms with Crippen molar-refractivity contribution in [3.05, 3.63) is 27.3 Å². The van der Waals surface area contributed by atoms with Crippen molar-refractivity contribution in [3.8, 4) is 5.75 Å². The van der Waals surface area contributed by atoms with Gasteiger partial charge in [-0.25, -0.2) is 0 Å². The lowest BCUT2D eigenvalue weighted by atomic mass is 9.89. The number of benzene rings is 1. The summed E-state index contributed by atoms with van der Waals surface area (Å²) >= 11 is 1.93. The number of oxime groups is 2. The van der Waals surface area contributed by atoms with Crippen molar-refractivity contribution < 1.29 is 112 Å². The number of carbonyl (C=O) groups excluding carboxylic acids is 16. The van der Waals surface area contributed by atoms with E-state index >= 15 is 0 Å². The van der Waals surface area contributed by atoms with E-state index < -0.39 is 187 Å². The van der Waals surface area contributed by atoms with Crippen LogP contribution in [0.1, 0.15) is 225 Å². The van der Waals surface area contributed by atoms with Crippen molar-refractivity contribution in [3.63, 3.8) is 0 Å². The minimum atomic E-state index is -1.55. The molecule has 1 unspecified atom stereocenters. The van der Waals surface area contributed by atoms with Gasteiger partial charge in [-0.3, -0.25) is 81.5 Å². The van der Waals surface area contributed by atoms with E-state index in [-0.39, 0.29) is 97.9 Å². The van der Waals surface area contributed by atoms with Crippen LogP contribution in [0, 0.1) is 39.1 Å². The number of carboxylic acid groups (broad SMARTS) is 1. The number of nitrogens with zero attached hydrogens (tertiary/aromatic N) is 5. The number of phenolic OH excluding ortho intramolecular Hbond substituents is 1. The molecule has 2 rings (SSSR count). The molecule has 16 amide bonds. The van der Waals surface area contributed by atoms with E-state index in [4.69, 9.17) is 44.0 Å². The van der Waals surface area contributed by atoms with E-state index in [9.17, 15) is 107 Å². The van der Waals surface area contributed by atoms with Crippen LogP contribution < -0.4 is 92.1 Å². The average Bonchev–Trinajstić information content (AvgIpc) is 1.64. The number of rotatable bonds is 61. The summed E-state index contributed by atoms with van der Waals surface area (Å²) in [7, 11) is 15.4. The maximum absolute atomic E-state index is 13.5. The van der Waals surface area contributed by atoms with E-state index in [0.29, 0.717) is 104 Å². The van der Waals surface area contributed by atoms with Gasteiger partial charge in [-0.15, -0.1) is 0 Å². The molecule has 1 saturated heterocycles. The summed E-state index contributed by atoms with van der Waals surface area (Å²) in [4.78, 5) is 216. The summed E-state index contributed by atoms with van der Waals surface area (Å²) < 4.78 is 0.527. The van der Waals surface area contributed by atoms with E-state index in [1.54, 1.807) is 42.5 Å². The zero-order valence-electron chi connectivity index (χ0n) is 82.1. The average molecular weight is 2040 g/mol. The second-order valence-corrected chi connectivity index (χ2v) is 37.5. The van der Waals surface area contributed by atoms with Gasteiger partial charge in [0.15, 0.2) is 16.0 Å². The first-order valence-corrected chi connectivity index (χ1v) is 46.9. The first-order chi connectivity index (χ1) is 63.4. The number of aliphatic hydroxyl groups is 2. The van der Waals surface area contributed by atoms with Gasteiger partial charge in [0, 0.05) is 95.3 Å². The second-order valence-electron chi connectivity index (χ2n) is 36.3. The molecule has 0 spiro atoms. The lowest BCUT2D eigenvalue weighted by Crippen LogP contribution is -2.60. The molecule has 1 heterocycles. The minimum Gasteiger partial charge on any atom is -0.507 e. The molecule has 0 saturated carbocycles. The number of likely N-dealkylation sites (tertiary alicyclic amines) is 1. The quantitative estimate of drug-likeness (QED) is 0.00814. The number of unbranched alkanes of at least 4 members (excludes halogenated alkanes) is 1. The largest absolute Gasteiger partial charge is 0.507 e. The van der Waals surface area contributed by atoms with Crippen LogP contribution in [0.2, 0.25) is 0 Å². The number of halogens is 1. The summed E-state index contributed by atoms with van der Waals surface area (Å²) in [5.74, 6) is -11.6. The van der Waals surface area contributed by atoms with Crippen LogP contribution in [0.3, 0.4) is 0 Å². The van der Waals surface area contributed by atoms with Gasteiger partial charge < -0.3 is 137 Å². The number of carboxylic acids is 1. The van der Waals surface area contributed by atoms with Gasteiger partial charge in [-0.1, -0.05) is 78.2 Å². The molecule has 45 nitrogen and oxygen atoms in total. The molecule has 0 aliphatic carbocycles. The first-order valence-electron chi connectivity index (χ1n) is 45.8. The number of carbonyl (C=O) groups is 17. The van der Waals surface area contributed by atoms with Gasteiger partial charge >= 0.3 is 5.97 Å². The predicted molar refractivity (Wildman–Crippen MR) is 518 cm³/mol. The van der Waals surface area contributed by atoms with Crippen LogP contribution in [0.25, 0.3) is 0 Å². The van der Waals surface area contributed by atoms with E-state index in [0.717, 1.165) is 26.2 Å². The number of aromatic hydroxyl groups is 1. The molecule has 1 aliphatic rings. The van der Waals surface area contributed by atoms with Crippen LogP contribution in [-0.2, 0) is 87.9 Å². The summed E-state index contributed by atoms with van der Waals surface area (Å²) in [5.41, 5.74) is 21.3. The summed E-state index contributed by atoms with van der Waals surface area (Å²) in [5, 5.41) is 98.0. The topological polar surface area (TPSA) is 706 Å². The number of amides is 16. The molecule has 136 heavy (non-hydrogen) atoms. The Morgan fingerprint density at radius 3 is 1.51 bits per heavy atom. The number of primary amides is 3. The third-order valence-electron chi connectivity index (χ3n) is 23.3. The highest BCUT2D eigenvalue weighted by molar-refractivity contribution is 14.1. The van der Waals surface area contributed by atoms with Crippen molar-refractivity contribution in [2.45, 2.75) is 304 Å². The van der Waals surface area contributed by atoms with Crippen molar-refractivity contribution in [1.82, 2.24) is 83.6 Å². The standard InChI is InChI=1S/C38H75B2N9O5.C28H42IN5O8.C22H36N8O10/c1-26(2)22-28(5)35(51)45-33(23-27(3)4)36(52)44-32(14-12-13-18-41)24-42-25-34(50)43-19-15-31(16-20-48(39)37(8,9)29(6)46-53)17-21-49(40)38(10,11)30(7)47-54;1-14(2)15(3)24(38)32-20(13-35)28(42)34-10-6-7-21(34)26(40)31-19(12-17-8-9-22(37)18(29)11-17)25(39)33-23(16(4)36)27(41)30-5;1-10(31)27-14(9-17(25)34)22(40)30-12(4-7-16(24)33)20(38)29-13(5-8-18(35)36)21(39)28-11(19(37)26-2)3-6-15(23)32/h26-28,31-33,42,53-54H,12-25,41H2,1-11H3,(H,43,50)(H,44,52)(H,45,51);8-9,11,14-16,19-21,23,35-37H,6-7,10,12-13H2,1-5H3,(H,30,41)(H,31,40)(H,32,38)(H,33,39);11-14H,3-9H2,1-2H3,(H2,23,32)(H2,24,33)(H2,25,34)(H,26,37)(H,27,31)(H,28,39)(H,29,38)(H,30,40)(H,35,36)/b46-29+,47-30+;;/t28-,32-,33-;15-,16-,19-,20-,21?,23-;11-,12-,13-,14-/m000/s1. The Morgan fingerprint density at radius 2 is 1.06 bits per heavy atom. The highest BCUT2D eigenvalue weighted by atomic mass is 127. The molecule has 0 aromatic heterocycles. The molecule has 1 aromatic rings. The third kappa shape index (κ3) is 48.0. The smallest absolute Gasteiger partial charge is 0.303 e. The number of aliphatic carboxylic acids is 1. The molecule has 0 bridgehead atoms. The molecule has 1 fully saturated rings. The second kappa shape index (κ2) is 64.6. The fourth-order valence-corrected chi connectivity index (χ4v) is 14.4. The lowest BCUT2D eigenvalue weighted by molar-refractivity contribution is -0.143. The number of hydrogen-bond acceptors (Lipinski definition) is 28. The predicted octanol–water partition coefficient (Wildman–Crippen LogP) is -2.31. The summed E-state index contributed by atoms with van der Waals surface area (Å²) in [6.07, 6.45) is 2.30. The normalized spacial score (nSPS) is 15.5. The molecular formula is C88H153B2IN22O23. The van der Waals surface area contributed by atoms with E-state index in [1.165, 1.54) is 32.0 Å². The highest BCUT2D eigenvalue weighted by Gasteiger charge is 2.42. The van der Waals surface area contributed by atoms with Crippen LogP contribution in [0.15, 0.2) is 28.5 Å². The fraction of sp³-hybridized carbons (Fsp3) is 0.716. The third-order valence-corrected chi connectivity index (χ3v) is 24.1. The van der Waals surface area contributed by atoms with Gasteiger partial charge in [0.25, 0.3) is 0 Å². The van der Waals surface area contributed by atoms with Crippen LogP contribution in [-0.4, -0.2) is 317 Å². The number of nitrogens with one attached hydrogen (secondary N) is 13. The molecule has 13 atom stereocenters. The Hall–Kier alpha value is -10.4. The van der Waals surface area contributed by atoms with Crippen LogP contribution in [0.4, 0.5) is 0 Å². The van der Waals surface area contributed by atoms with Gasteiger partial charge in [0.05, 0.1) is 40.7 Å². The van der Waals surface area contributed by atoms with Crippen molar-refractivity contribution >= 4 is 150 Å². The zero-order valence-corrected chi connectivity index (χ0v) is 84.3. The van der Waals surface area contributed by atoms with Crippen LogP contribution in [0.5, 0.6) is 5.75 Å². The molecule has 48 heteroatoms. The molecule has 1 aliphatic heterocycles. The molecule has 4 radical (unpaired) electrons. The fourth-order valence-electron chi connectivity index (χ4n) is 13.8. The van der Waals surface area contributed by atoms with Gasteiger partial charge in [-0.2, -0.15) is 0 Å². The summed E-state index contributed by atoms with van der Waals surface area (Å²) in [6.45, 7) is 31.0. The monoisotopic (exact) mass is 2040 g/mol. The minimum absolute atomic E-state index is 0.0153.